The zero-order valence-electron chi connectivity index (χ0n) is 11.1. The Morgan fingerprint density at radius 3 is 2.74 bits per heavy atom. The van der Waals surface area contributed by atoms with Crippen molar-refractivity contribution >= 4 is 28.1 Å². The zero-order chi connectivity index (χ0) is 13.8. The van der Waals surface area contributed by atoms with Crippen molar-refractivity contribution in [2.24, 2.45) is 0 Å². The summed E-state index contributed by atoms with van der Waals surface area (Å²) in [5, 5.41) is 14.0. The molecule has 0 radical (unpaired) electrons. The fourth-order valence-corrected chi connectivity index (χ4v) is 2.56. The Morgan fingerprint density at radius 1 is 1.37 bits per heavy atom. The maximum absolute atomic E-state index is 6.08. The predicted octanol–water partition coefficient (Wildman–Crippen LogP) is 3.94. The van der Waals surface area contributed by atoms with Crippen LogP contribution in [0.25, 0.3) is 0 Å². The molecule has 0 bridgehead atoms. The molecule has 2 aromatic rings. The molecule has 0 saturated heterocycles. The van der Waals surface area contributed by atoms with E-state index in [0.29, 0.717) is 23.2 Å². The quantitative estimate of drug-likeness (QED) is 0.908. The summed E-state index contributed by atoms with van der Waals surface area (Å²) in [7, 11) is 1.60. The Bertz CT molecular complexity index is 557. The Morgan fingerprint density at radius 2 is 2.16 bits per heavy atom. The van der Waals surface area contributed by atoms with E-state index in [-0.39, 0.29) is 0 Å². The lowest BCUT2D eigenvalue weighted by Crippen LogP contribution is -1.99. The minimum absolute atomic E-state index is 0.406. The molecule has 0 aliphatic rings. The molecule has 1 N–H and O–H groups in total. The lowest BCUT2D eigenvalue weighted by Gasteiger charge is -2.06. The first-order valence-corrected chi connectivity index (χ1v) is 7.19. The normalized spacial score (nSPS) is 10.8. The van der Waals surface area contributed by atoms with E-state index in [1.807, 2.05) is 18.2 Å². The van der Waals surface area contributed by atoms with E-state index in [1.165, 1.54) is 0 Å². The van der Waals surface area contributed by atoms with Gasteiger partial charge in [-0.3, -0.25) is 0 Å². The van der Waals surface area contributed by atoms with Crippen molar-refractivity contribution in [1.29, 1.82) is 0 Å². The second kappa shape index (κ2) is 6.21. The Labute approximate surface area is 121 Å². The summed E-state index contributed by atoms with van der Waals surface area (Å²) in [6, 6.07) is 5.72. The molecular weight excluding hydrogens is 282 g/mol. The number of hydrogen-bond acceptors (Lipinski definition) is 5. The number of halogens is 1. The van der Waals surface area contributed by atoms with Gasteiger partial charge in [-0.25, -0.2) is 0 Å². The molecule has 102 valence electrons. The van der Waals surface area contributed by atoms with E-state index in [2.05, 4.69) is 29.4 Å². The van der Waals surface area contributed by atoms with Gasteiger partial charge < -0.3 is 10.1 Å². The van der Waals surface area contributed by atoms with Crippen molar-refractivity contribution in [1.82, 2.24) is 10.2 Å². The van der Waals surface area contributed by atoms with Crippen molar-refractivity contribution in [2.75, 3.05) is 12.4 Å². The van der Waals surface area contributed by atoms with Gasteiger partial charge in [0.05, 0.1) is 12.1 Å². The van der Waals surface area contributed by atoms with Crippen LogP contribution in [-0.2, 0) is 6.54 Å². The van der Waals surface area contributed by atoms with Crippen molar-refractivity contribution in [3.63, 3.8) is 0 Å². The average Bonchev–Trinajstić information content (AvgIpc) is 2.85. The van der Waals surface area contributed by atoms with E-state index in [4.69, 9.17) is 16.3 Å². The number of methoxy groups -OCH3 is 1. The number of benzene rings is 1. The van der Waals surface area contributed by atoms with Crippen molar-refractivity contribution in [2.45, 2.75) is 26.3 Å². The van der Waals surface area contributed by atoms with Crippen LogP contribution in [-0.4, -0.2) is 17.3 Å². The first kappa shape index (κ1) is 14.1. The van der Waals surface area contributed by atoms with Crippen molar-refractivity contribution in [3.05, 3.63) is 33.8 Å². The topological polar surface area (TPSA) is 47.0 Å². The number of nitrogens with zero attached hydrogens (tertiary/aromatic N) is 2. The summed E-state index contributed by atoms with van der Waals surface area (Å²) in [6.45, 7) is 4.87. The number of nitrogens with one attached hydrogen (secondary N) is 1. The summed E-state index contributed by atoms with van der Waals surface area (Å²) in [5.74, 6) is 1.09. The fourth-order valence-electron chi connectivity index (χ4n) is 1.54. The van der Waals surface area contributed by atoms with E-state index in [9.17, 15) is 0 Å². The molecule has 0 aliphatic heterocycles. The van der Waals surface area contributed by atoms with Crippen LogP contribution in [0.15, 0.2) is 18.2 Å². The molecule has 1 heterocycles. The molecule has 0 unspecified atom stereocenters. The second-order valence-electron chi connectivity index (χ2n) is 4.42. The molecule has 0 saturated carbocycles. The third kappa shape index (κ3) is 3.58. The summed E-state index contributed by atoms with van der Waals surface area (Å²) >= 11 is 7.66. The van der Waals surface area contributed by atoms with Gasteiger partial charge in [0.2, 0.25) is 5.13 Å². The highest BCUT2D eigenvalue weighted by atomic mass is 35.5. The van der Waals surface area contributed by atoms with Crippen molar-refractivity contribution < 1.29 is 4.74 Å². The first-order valence-electron chi connectivity index (χ1n) is 6.00. The molecule has 0 amide bonds. The van der Waals surface area contributed by atoms with Gasteiger partial charge in [0.15, 0.2) is 0 Å². The van der Waals surface area contributed by atoms with Crippen LogP contribution < -0.4 is 10.1 Å². The van der Waals surface area contributed by atoms with Gasteiger partial charge in [0.1, 0.15) is 10.8 Å². The van der Waals surface area contributed by atoms with Crippen LogP contribution in [0.1, 0.15) is 30.3 Å². The predicted molar refractivity (Wildman–Crippen MR) is 79.3 cm³/mol. The molecule has 2 rings (SSSR count). The smallest absolute Gasteiger partial charge is 0.205 e. The molecule has 1 aromatic heterocycles. The SMILES string of the molecule is COc1ccc(CNc2nnc(C(C)C)s2)cc1Cl. The largest absolute Gasteiger partial charge is 0.495 e. The molecule has 1 aromatic carbocycles. The number of hydrogen-bond donors (Lipinski definition) is 1. The van der Waals surface area contributed by atoms with Crippen LogP contribution in [0, 0.1) is 0 Å². The van der Waals surface area contributed by atoms with E-state index in [0.717, 1.165) is 15.7 Å². The molecular formula is C13H16ClN3OS. The molecule has 19 heavy (non-hydrogen) atoms. The fraction of sp³-hybridized carbons (Fsp3) is 0.385. The van der Waals surface area contributed by atoms with Gasteiger partial charge in [-0.05, 0) is 17.7 Å². The van der Waals surface area contributed by atoms with Gasteiger partial charge in [-0.2, -0.15) is 0 Å². The first-order chi connectivity index (χ1) is 9.10. The Kier molecular flexibility index (Phi) is 4.61. The average molecular weight is 298 g/mol. The van der Waals surface area contributed by atoms with E-state index in [1.54, 1.807) is 18.4 Å². The van der Waals surface area contributed by atoms with E-state index >= 15 is 0 Å². The lowest BCUT2D eigenvalue weighted by molar-refractivity contribution is 0.415. The highest BCUT2D eigenvalue weighted by molar-refractivity contribution is 7.15. The van der Waals surface area contributed by atoms with Gasteiger partial charge in [-0.1, -0.05) is 42.9 Å². The third-order valence-electron chi connectivity index (χ3n) is 2.59. The maximum Gasteiger partial charge on any atom is 0.205 e. The van der Waals surface area contributed by atoms with Crippen LogP contribution in [0.3, 0.4) is 0 Å². The zero-order valence-corrected chi connectivity index (χ0v) is 12.7. The van der Waals surface area contributed by atoms with Gasteiger partial charge in [-0.15, -0.1) is 10.2 Å². The molecule has 4 nitrogen and oxygen atoms in total. The summed E-state index contributed by atoms with van der Waals surface area (Å²) in [6.07, 6.45) is 0. The Hall–Kier alpha value is -1.33. The summed E-state index contributed by atoms with van der Waals surface area (Å²) in [5.41, 5.74) is 1.08. The van der Waals surface area contributed by atoms with E-state index < -0.39 is 0 Å². The highest BCUT2D eigenvalue weighted by Gasteiger charge is 2.07. The highest BCUT2D eigenvalue weighted by Crippen LogP contribution is 2.26. The second-order valence-corrected chi connectivity index (χ2v) is 5.84. The molecule has 0 fully saturated rings. The minimum atomic E-state index is 0.406. The number of aromatic nitrogens is 2. The monoisotopic (exact) mass is 297 g/mol. The molecule has 0 aliphatic carbocycles. The minimum Gasteiger partial charge on any atom is -0.495 e. The third-order valence-corrected chi connectivity index (χ3v) is 4.07. The van der Waals surface area contributed by atoms with Crippen molar-refractivity contribution in [3.8, 4) is 5.75 Å². The number of rotatable bonds is 5. The molecule has 0 atom stereocenters. The maximum atomic E-state index is 6.08. The van der Waals surface area contributed by atoms with Crippen LogP contribution in [0.4, 0.5) is 5.13 Å². The summed E-state index contributed by atoms with van der Waals surface area (Å²) < 4.78 is 5.12. The lowest BCUT2D eigenvalue weighted by atomic mass is 10.2. The number of ether oxygens (including phenoxy) is 1. The molecule has 0 spiro atoms. The van der Waals surface area contributed by atoms with Crippen LogP contribution >= 0.6 is 22.9 Å². The molecule has 6 heteroatoms. The van der Waals surface area contributed by atoms with Gasteiger partial charge in [0, 0.05) is 12.5 Å². The standard InChI is InChI=1S/C13H16ClN3OS/c1-8(2)12-16-17-13(19-12)15-7-9-4-5-11(18-3)10(14)6-9/h4-6,8H,7H2,1-3H3,(H,15,17). The summed E-state index contributed by atoms with van der Waals surface area (Å²) in [4.78, 5) is 0. The number of anilines is 1. The van der Waals surface area contributed by atoms with Crippen LogP contribution in [0.2, 0.25) is 5.02 Å². The van der Waals surface area contributed by atoms with Gasteiger partial charge >= 0.3 is 0 Å². The van der Waals surface area contributed by atoms with Crippen LogP contribution in [0.5, 0.6) is 5.75 Å². The Balaban J connectivity index is 1.99. The van der Waals surface area contributed by atoms with Gasteiger partial charge in [0.25, 0.3) is 0 Å².